The quantitative estimate of drug-likeness (QED) is 0.830. The van der Waals surface area contributed by atoms with Gasteiger partial charge in [0.2, 0.25) is 12.7 Å². The van der Waals surface area contributed by atoms with Gasteiger partial charge in [-0.05, 0) is 54.3 Å². The van der Waals surface area contributed by atoms with Crippen LogP contribution < -0.4 is 14.8 Å². The monoisotopic (exact) mass is 357 g/mol. The molecule has 1 aromatic carbocycles. The van der Waals surface area contributed by atoms with Crippen molar-refractivity contribution in [2.24, 2.45) is 5.92 Å². The van der Waals surface area contributed by atoms with Crippen LogP contribution in [-0.2, 0) is 11.2 Å². The Labute approximate surface area is 152 Å². The number of hydrogen-bond donors (Lipinski definition) is 1. The zero-order valence-corrected chi connectivity index (χ0v) is 15.0. The molecule has 0 unspecified atom stereocenters. The summed E-state index contributed by atoms with van der Waals surface area (Å²) >= 11 is 1.74. The number of fused-ring (bicyclic) bond motifs is 1. The van der Waals surface area contributed by atoms with Crippen molar-refractivity contribution in [2.45, 2.75) is 44.6 Å². The molecule has 1 saturated carbocycles. The van der Waals surface area contributed by atoms with Gasteiger partial charge >= 0.3 is 0 Å². The predicted octanol–water partition coefficient (Wildman–Crippen LogP) is 4.46. The van der Waals surface area contributed by atoms with Crippen LogP contribution in [0, 0.1) is 5.92 Å². The lowest BCUT2D eigenvalue weighted by Crippen LogP contribution is -2.32. The number of hydrogen-bond acceptors (Lipinski definition) is 4. The van der Waals surface area contributed by atoms with Gasteiger partial charge in [0.1, 0.15) is 0 Å². The van der Waals surface area contributed by atoms with E-state index >= 15 is 0 Å². The number of carbonyl (C=O) groups excluding carboxylic acids is 1. The van der Waals surface area contributed by atoms with Gasteiger partial charge in [0.25, 0.3) is 0 Å². The molecule has 4 rings (SSSR count). The van der Waals surface area contributed by atoms with Crippen molar-refractivity contribution in [2.75, 3.05) is 6.79 Å². The third kappa shape index (κ3) is 3.82. The van der Waals surface area contributed by atoms with E-state index in [1.54, 1.807) is 11.3 Å². The van der Waals surface area contributed by atoms with Crippen LogP contribution in [0.25, 0.3) is 0 Å². The zero-order valence-electron chi connectivity index (χ0n) is 14.2. The van der Waals surface area contributed by atoms with Crippen LogP contribution in [0.4, 0.5) is 0 Å². The number of thiophene rings is 1. The van der Waals surface area contributed by atoms with Crippen LogP contribution in [0.5, 0.6) is 11.5 Å². The van der Waals surface area contributed by atoms with Gasteiger partial charge in [-0.15, -0.1) is 11.3 Å². The standard InChI is InChI=1S/C20H23NO3S/c22-19(10-8-14-7-9-16-17(12-14)24-13-23-16)21-20(15-4-1-2-5-15)18-6-3-11-25-18/h3,6-7,9,11-12,15,20H,1-2,4-5,8,10,13H2,(H,21,22)/t20-/m1/s1. The zero-order chi connectivity index (χ0) is 17.1. The largest absolute Gasteiger partial charge is 0.454 e. The number of amides is 1. The molecule has 1 aliphatic carbocycles. The molecule has 1 aliphatic heterocycles. The summed E-state index contributed by atoms with van der Waals surface area (Å²) in [6, 6.07) is 10.3. The molecular formula is C20H23NO3S. The molecule has 0 saturated heterocycles. The molecule has 5 heteroatoms. The van der Waals surface area contributed by atoms with Crippen molar-refractivity contribution in [3.8, 4) is 11.5 Å². The van der Waals surface area contributed by atoms with Crippen molar-refractivity contribution in [3.63, 3.8) is 0 Å². The Hall–Kier alpha value is -2.01. The second-order valence-electron chi connectivity index (χ2n) is 6.79. The molecule has 1 aromatic heterocycles. The number of rotatable bonds is 6. The van der Waals surface area contributed by atoms with Gasteiger partial charge in [-0.3, -0.25) is 4.79 Å². The molecule has 132 valence electrons. The van der Waals surface area contributed by atoms with Crippen LogP contribution in [0.1, 0.15) is 48.6 Å². The summed E-state index contributed by atoms with van der Waals surface area (Å²) in [6.07, 6.45) is 6.19. The molecular weight excluding hydrogens is 334 g/mol. The number of aryl methyl sites for hydroxylation is 1. The fourth-order valence-electron chi connectivity index (χ4n) is 3.78. The van der Waals surface area contributed by atoms with Crippen LogP contribution >= 0.6 is 11.3 Å². The lowest BCUT2D eigenvalue weighted by molar-refractivity contribution is -0.122. The van der Waals surface area contributed by atoms with Gasteiger partial charge < -0.3 is 14.8 Å². The first kappa shape index (κ1) is 16.5. The number of carbonyl (C=O) groups is 1. The minimum absolute atomic E-state index is 0.128. The van der Waals surface area contributed by atoms with E-state index in [4.69, 9.17) is 9.47 Å². The second kappa shape index (κ2) is 7.48. The van der Waals surface area contributed by atoms with Gasteiger partial charge in [-0.25, -0.2) is 0 Å². The molecule has 1 amide bonds. The minimum Gasteiger partial charge on any atom is -0.454 e. The van der Waals surface area contributed by atoms with E-state index in [-0.39, 0.29) is 18.7 Å². The first-order valence-corrected chi connectivity index (χ1v) is 9.89. The Morgan fingerprint density at radius 3 is 2.84 bits per heavy atom. The predicted molar refractivity (Wildman–Crippen MR) is 98.0 cm³/mol. The summed E-state index contributed by atoms with van der Waals surface area (Å²) in [5.41, 5.74) is 1.10. The Balaban J connectivity index is 1.36. The van der Waals surface area contributed by atoms with Gasteiger partial charge in [-0.1, -0.05) is 25.0 Å². The highest BCUT2D eigenvalue weighted by Gasteiger charge is 2.28. The Morgan fingerprint density at radius 1 is 1.20 bits per heavy atom. The molecule has 1 N–H and O–H groups in total. The molecule has 0 spiro atoms. The topological polar surface area (TPSA) is 47.6 Å². The second-order valence-corrected chi connectivity index (χ2v) is 7.77. The average Bonchev–Trinajstić information content (AvgIpc) is 3.39. The van der Waals surface area contributed by atoms with Gasteiger partial charge in [0, 0.05) is 11.3 Å². The summed E-state index contributed by atoms with van der Waals surface area (Å²) < 4.78 is 10.7. The lowest BCUT2D eigenvalue weighted by atomic mass is 9.96. The highest BCUT2D eigenvalue weighted by atomic mass is 32.1. The van der Waals surface area contributed by atoms with Crippen molar-refractivity contribution >= 4 is 17.2 Å². The molecule has 2 heterocycles. The van der Waals surface area contributed by atoms with E-state index < -0.39 is 0 Å². The lowest BCUT2D eigenvalue weighted by Gasteiger charge is -2.24. The van der Waals surface area contributed by atoms with E-state index in [0.29, 0.717) is 18.8 Å². The molecule has 4 nitrogen and oxygen atoms in total. The smallest absolute Gasteiger partial charge is 0.231 e. The van der Waals surface area contributed by atoms with E-state index in [1.165, 1.54) is 30.6 Å². The van der Waals surface area contributed by atoms with E-state index in [9.17, 15) is 4.79 Å². The molecule has 0 bridgehead atoms. The third-order valence-corrected chi connectivity index (χ3v) is 6.07. The maximum atomic E-state index is 12.6. The first-order valence-electron chi connectivity index (χ1n) is 9.01. The molecule has 2 aromatic rings. The van der Waals surface area contributed by atoms with E-state index in [0.717, 1.165) is 17.1 Å². The summed E-state index contributed by atoms with van der Waals surface area (Å²) in [5, 5.41) is 5.39. The number of ether oxygens (including phenoxy) is 2. The molecule has 2 aliphatic rings. The van der Waals surface area contributed by atoms with Crippen molar-refractivity contribution in [1.29, 1.82) is 0 Å². The fourth-order valence-corrected chi connectivity index (χ4v) is 4.65. The molecule has 1 atom stereocenters. The van der Waals surface area contributed by atoms with E-state index in [1.807, 2.05) is 18.2 Å². The van der Waals surface area contributed by atoms with Crippen molar-refractivity contribution in [1.82, 2.24) is 5.32 Å². The highest BCUT2D eigenvalue weighted by molar-refractivity contribution is 7.10. The third-order valence-electron chi connectivity index (χ3n) is 5.12. The Bertz CT molecular complexity index is 723. The molecule has 25 heavy (non-hydrogen) atoms. The highest BCUT2D eigenvalue weighted by Crippen LogP contribution is 2.37. The van der Waals surface area contributed by atoms with Crippen LogP contribution in [-0.4, -0.2) is 12.7 Å². The van der Waals surface area contributed by atoms with Crippen molar-refractivity contribution < 1.29 is 14.3 Å². The molecule has 1 fully saturated rings. The Morgan fingerprint density at radius 2 is 2.04 bits per heavy atom. The maximum absolute atomic E-state index is 12.6. The van der Waals surface area contributed by atoms with Crippen LogP contribution in [0.2, 0.25) is 0 Å². The summed E-state index contributed by atoms with van der Waals surface area (Å²) in [6.45, 7) is 0.281. The minimum atomic E-state index is 0.128. The van der Waals surface area contributed by atoms with Gasteiger partial charge in [0.05, 0.1) is 6.04 Å². The van der Waals surface area contributed by atoms with Crippen molar-refractivity contribution in [3.05, 3.63) is 46.2 Å². The fraction of sp³-hybridized carbons (Fsp3) is 0.450. The maximum Gasteiger partial charge on any atom is 0.231 e. The molecule has 0 radical (unpaired) electrons. The number of benzene rings is 1. The first-order chi connectivity index (χ1) is 12.3. The van der Waals surface area contributed by atoms with Crippen LogP contribution in [0.3, 0.4) is 0 Å². The normalized spacial score (nSPS) is 17.6. The van der Waals surface area contributed by atoms with E-state index in [2.05, 4.69) is 22.8 Å². The summed E-state index contributed by atoms with van der Waals surface area (Å²) in [4.78, 5) is 13.8. The van der Waals surface area contributed by atoms with Crippen LogP contribution in [0.15, 0.2) is 35.7 Å². The SMILES string of the molecule is O=C(CCc1ccc2c(c1)OCO2)N[C@@H](c1cccs1)C1CCCC1. The Kier molecular flexibility index (Phi) is 4.92. The summed E-state index contributed by atoms with van der Waals surface area (Å²) in [5.74, 6) is 2.27. The van der Waals surface area contributed by atoms with Gasteiger partial charge in [0.15, 0.2) is 11.5 Å². The van der Waals surface area contributed by atoms with Gasteiger partial charge in [-0.2, -0.15) is 0 Å². The number of nitrogens with one attached hydrogen (secondary N) is 1. The summed E-state index contributed by atoms with van der Waals surface area (Å²) in [7, 11) is 0. The average molecular weight is 357 g/mol.